The van der Waals surface area contributed by atoms with Gasteiger partial charge in [-0.25, -0.2) is 14.4 Å². The number of hydrogen-bond acceptors (Lipinski definition) is 8. The third kappa shape index (κ3) is 5.80. The molecule has 0 saturated heterocycles. The summed E-state index contributed by atoms with van der Waals surface area (Å²) in [5, 5.41) is 5.37. The molecule has 2 heterocycles. The molecule has 36 heavy (non-hydrogen) atoms. The molecular formula is C25H27N3O7S. The van der Waals surface area contributed by atoms with Crippen LogP contribution in [0.1, 0.15) is 59.3 Å². The lowest BCUT2D eigenvalue weighted by Gasteiger charge is -2.37. The molecule has 1 atom stereocenters. The fourth-order valence-electron chi connectivity index (χ4n) is 3.74. The van der Waals surface area contributed by atoms with Crippen LogP contribution in [0.3, 0.4) is 0 Å². The average Bonchev–Trinajstić information content (AvgIpc) is 3.25. The van der Waals surface area contributed by atoms with Crippen molar-refractivity contribution in [2.45, 2.75) is 33.7 Å². The van der Waals surface area contributed by atoms with Crippen molar-refractivity contribution in [2.75, 3.05) is 25.1 Å². The molecule has 0 bridgehead atoms. The number of hydrogen-bond donors (Lipinski definition) is 2. The fraction of sp³-hybridized carbons (Fsp3) is 0.320. The van der Waals surface area contributed by atoms with Crippen molar-refractivity contribution < 1.29 is 33.4 Å². The number of carbonyl (C=O) groups excluding carboxylic acids is 5. The maximum absolute atomic E-state index is 13.1. The van der Waals surface area contributed by atoms with E-state index in [-0.39, 0.29) is 40.0 Å². The molecule has 11 heteroatoms. The summed E-state index contributed by atoms with van der Waals surface area (Å²) in [6, 6.07) is 8.72. The maximum Gasteiger partial charge on any atom is 0.341 e. The van der Waals surface area contributed by atoms with E-state index in [4.69, 9.17) is 9.47 Å². The maximum atomic E-state index is 13.1. The van der Waals surface area contributed by atoms with Gasteiger partial charge in [0.1, 0.15) is 11.5 Å². The molecule has 0 aliphatic carbocycles. The summed E-state index contributed by atoms with van der Waals surface area (Å²) in [6.45, 7) is 6.07. The van der Waals surface area contributed by atoms with Gasteiger partial charge in [0.15, 0.2) is 5.78 Å². The van der Waals surface area contributed by atoms with Crippen LogP contribution >= 0.6 is 11.3 Å². The van der Waals surface area contributed by atoms with E-state index >= 15 is 0 Å². The average molecular weight is 514 g/mol. The number of anilines is 1. The number of carbonyl (C=O) groups is 5. The minimum Gasteiger partial charge on any atom is -0.463 e. The molecule has 3 amide bonds. The first-order chi connectivity index (χ1) is 17.2. The quantitative estimate of drug-likeness (QED) is 0.386. The lowest BCUT2D eigenvalue weighted by atomic mass is 9.94. The van der Waals surface area contributed by atoms with Crippen molar-refractivity contribution in [3.63, 3.8) is 0 Å². The van der Waals surface area contributed by atoms with Gasteiger partial charge >= 0.3 is 18.0 Å². The van der Waals surface area contributed by atoms with Crippen LogP contribution in [0.25, 0.3) is 0 Å². The second-order valence-corrected chi connectivity index (χ2v) is 8.86. The van der Waals surface area contributed by atoms with Crippen molar-refractivity contribution in [2.24, 2.45) is 0 Å². The lowest BCUT2D eigenvalue weighted by Crippen LogP contribution is -2.51. The van der Waals surface area contributed by atoms with Crippen molar-refractivity contribution in [1.29, 1.82) is 0 Å². The number of nitrogens with one attached hydrogen (secondary N) is 2. The summed E-state index contributed by atoms with van der Waals surface area (Å²) in [4.78, 5) is 64.6. The summed E-state index contributed by atoms with van der Waals surface area (Å²) in [5.74, 6) is -2.19. The van der Waals surface area contributed by atoms with Crippen LogP contribution in [-0.2, 0) is 19.1 Å². The zero-order valence-electron chi connectivity index (χ0n) is 20.4. The Labute approximate surface area is 212 Å². The molecule has 2 aromatic rings. The molecule has 190 valence electrons. The predicted octanol–water partition coefficient (Wildman–Crippen LogP) is 3.67. The Morgan fingerprint density at radius 1 is 1.06 bits per heavy atom. The van der Waals surface area contributed by atoms with Gasteiger partial charge in [0.05, 0.1) is 35.3 Å². The number of benzene rings is 1. The van der Waals surface area contributed by atoms with E-state index in [0.29, 0.717) is 11.3 Å². The van der Waals surface area contributed by atoms with Crippen molar-refractivity contribution in [3.05, 3.63) is 63.7 Å². The van der Waals surface area contributed by atoms with Crippen LogP contribution in [0.4, 0.5) is 9.80 Å². The molecule has 2 N–H and O–H groups in total. The summed E-state index contributed by atoms with van der Waals surface area (Å²) in [5.41, 5.74) is 1.20. The highest BCUT2D eigenvalue weighted by Crippen LogP contribution is 2.35. The largest absolute Gasteiger partial charge is 0.463 e. The second kappa shape index (κ2) is 11.6. The number of Topliss-reactive ketones (excluding diaryl/α,β-unsaturated/α-hetero) is 1. The number of ketones is 1. The first kappa shape index (κ1) is 26.6. The highest BCUT2D eigenvalue weighted by Gasteiger charge is 2.39. The molecule has 10 nitrogen and oxygen atoms in total. The summed E-state index contributed by atoms with van der Waals surface area (Å²) in [6.07, 6.45) is 0. The number of amides is 3. The summed E-state index contributed by atoms with van der Waals surface area (Å²) < 4.78 is 10.3. The van der Waals surface area contributed by atoms with E-state index in [1.165, 1.54) is 17.9 Å². The molecule has 3 rings (SSSR count). The minimum absolute atomic E-state index is 0.0473. The van der Waals surface area contributed by atoms with E-state index in [0.717, 1.165) is 11.3 Å². The van der Waals surface area contributed by atoms with Crippen LogP contribution in [-0.4, -0.2) is 54.3 Å². The Hall–Kier alpha value is -3.99. The van der Waals surface area contributed by atoms with Crippen LogP contribution in [0, 0.1) is 0 Å². The van der Waals surface area contributed by atoms with E-state index in [2.05, 4.69) is 10.6 Å². The Balaban J connectivity index is 1.94. The first-order valence-electron chi connectivity index (χ1n) is 11.3. The lowest BCUT2D eigenvalue weighted by molar-refractivity contribution is -0.139. The molecule has 0 unspecified atom stereocenters. The number of nitrogens with zero attached hydrogens (tertiary/aromatic N) is 1. The third-order valence-corrected chi connectivity index (χ3v) is 6.45. The van der Waals surface area contributed by atoms with Gasteiger partial charge in [-0.05, 0) is 39.3 Å². The minimum atomic E-state index is -0.884. The second-order valence-electron chi connectivity index (χ2n) is 7.81. The standard InChI is InChI=1S/C25H27N3O7S/c1-5-34-23(31)17-12-18(15(4)29)36-22(17)27-19(30)13-28-21(16-10-8-7-9-11-16)20(24(32)35-6-2)14(3)26-25(28)33/h7-12,21H,5-6,13H2,1-4H3,(H,26,33)(H,27,30)/t21-/m1/s1. The highest BCUT2D eigenvalue weighted by atomic mass is 32.1. The van der Waals surface area contributed by atoms with Gasteiger partial charge in [0.25, 0.3) is 0 Å². The molecule has 1 aliphatic heterocycles. The molecule has 0 saturated carbocycles. The van der Waals surface area contributed by atoms with Gasteiger partial charge < -0.3 is 25.0 Å². The van der Waals surface area contributed by atoms with E-state index in [1.807, 2.05) is 0 Å². The molecule has 0 spiro atoms. The molecule has 1 aromatic carbocycles. The van der Waals surface area contributed by atoms with Crippen molar-refractivity contribution in [3.8, 4) is 0 Å². The zero-order chi connectivity index (χ0) is 26.4. The monoisotopic (exact) mass is 513 g/mol. The molecule has 0 fully saturated rings. The van der Waals surface area contributed by atoms with Crippen LogP contribution in [0.2, 0.25) is 0 Å². The van der Waals surface area contributed by atoms with Gasteiger partial charge in [0, 0.05) is 5.70 Å². The third-order valence-electron chi connectivity index (χ3n) is 5.30. The Morgan fingerprint density at radius 2 is 1.69 bits per heavy atom. The predicted molar refractivity (Wildman–Crippen MR) is 133 cm³/mol. The van der Waals surface area contributed by atoms with E-state index < -0.39 is 36.5 Å². The fourth-order valence-corrected chi connectivity index (χ4v) is 4.69. The smallest absolute Gasteiger partial charge is 0.341 e. The summed E-state index contributed by atoms with van der Waals surface area (Å²) >= 11 is 0.938. The highest BCUT2D eigenvalue weighted by molar-refractivity contribution is 7.18. The number of thiophene rings is 1. The van der Waals surface area contributed by atoms with E-state index in [9.17, 15) is 24.0 Å². The molecule has 1 aliphatic rings. The Morgan fingerprint density at radius 3 is 2.31 bits per heavy atom. The molecule has 1 aromatic heterocycles. The van der Waals surface area contributed by atoms with Gasteiger partial charge in [-0.2, -0.15) is 0 Å². The number of allylic oxidation sites excluding steroid dienone is 1. The zero-order valence-corrected chi connectivity index (χ0v) is 21.2. The van der Waals surface area contributed by atoms with Gasteiger partial charge in [-0.1, -0.05) is 30.3 Å². The van der Waals surface area contributed by atoms with Crippen LogP contribution in [0.15, 0.2) is 47.7 Å². The van der Waals surface area contributed by atoms with Crippen LogP contribution in [0.5, 0.6) is 0 Å². The number of rotatable bonds is 9. The topological polar surface area (TPSA) is 131 Å². The Bertz CT molecular complexity index is 1220. The van der Waals surface area contributed by atoms with Crippen molar-refractivity contribution >= 4 is 46.0 Å². The van der Waals surface area contributed by atoms with Gasteiger partial charge in [0.2, 0.25) is 5.91 Å². The molecule has 0 radical (unpaired) electrons. The van der Waals surface area contributed by atoms with Gasteiger partial charge in [-0.3, -0.25) is 9.59 Å². The number of urea groups is 1. The SMILES string of the molecule is CCOC(=O)C1=C(C)NC(=O)N(CC(=O)Nc2sc(C(C)=O)cc2C(=O)OCC)[C@@H]1c1ccccc1. The Kier molecular flexibility index (Phi) is 8.59. The first-order valence-corrected chi connectivity index (χ1v) is 12.1. The molecular weight excluding hydrogens is 486 g/mol. The van der Waals surface area contributed by atoms with Crippen molar-refractivity contribution in [1.82, 2.24) is 10.2 Å². The number of esters is 2. The summed E-state index contributed by atoms with van der Waals surface area (Å²) in [7, 11) is 0. The van der Waals surface area contributed by atoms with E-state index in [1.54, 1.807) is 51.1 Å². The van der Waals surface area contributed by atoms with Crippen LogP contribution < -0.4 is 10.6 Å². The normalized spacial score (nSPS) is 15.3. The number of ether oxygens (including phenoxy) is 2. The van der Waals surface area contributed by atoms with Gasteiger partial charge in [-0.15, -0.1) is 11.3 Å².